The molecule has 0 fully saturated rings. The summed E-state index contributed by atoms with van der Waals surface area (Å²) in [4.78, 5) is 32.8. The van der Waals surface area contributed by atoms with Crippen LogP contribution in [0.3, 0.4) is 0 Å². The summed E-state index contributed by atoms with van der Waals surface area (Å²) in [5.41, 5.74) is 5.33. The second-order valence-corrected chi connectivity index (χ2v) is 17.4. The zero-order valence-corrected chi connectivity index (χ0v) is 26.0. The Morgan fingerprint density at radius 1 is 1.24 bits per heavy atom. The Bertz CT molecular complexity index is 1280. The SMILES string of the molecule is COC(=O)c1cc(C(CO[Si](C)(C)C)N2C(=O)[C@@](CC(C)(C)C)(c3ccc(Br)cc3F)N=C2N)ccc1Cl. The fraction of sp³-hybridized carbons (Fsp3) is 0.444. The minimum Gasteiger partial charge on any atom is -0.465 e. The number of benzene rings is 2. The number of nitrogens with two attached hydrogens (primary N) is 1. The van der Waals surface area contributed by atoms with Crippen LogP contribution >= 0.6 is 27.5 Å². The fourth-order valence-corrected chi connectivity index (χ4v) is 5.73. The van der Waals surface area contributed by atoms with Gasteiger partial charge in [-0.05, 0) is 61.3 Å². The van der Waals surface area contributed by atoms with E-state index in [9.17, 15) is 9.59 Å². The number of esters is 1. The molecule has 2 N–H and O–H groups in total. The van der Waals surface area contributed by atoms with Gasteiger partial charge in [0.05, 0.1) is 30.3 Å². The highest BCUT2D eigenvalue weighted by atomic mass is 79.9. The number of carbonyl (C=O) groups is 2. The lowest BCUT2D eigenvalue weighted by Gasteiger charge is -2.35. The number of ether oxygens (including phenoxy) is 1. The molecule has 1 aliphatic heterocycles. The number of nitrogens with zero attached hydrogens (tertiary/aromatic N) is 2. The van der Waals surface area contributed by atoms with E-state index < -0.39 is 43.0 Å². The summed E-state index contributed by atoms with van der Waals surface area (Å²) in [5, 5.41) is 0.207. The Morgan fingerprint density at radius 2 is 1.89 bits per heavy atom. The summed E-state index contributed by atoms with van der Waals surface area (Å²) in [7, 11) is -0.792. The minimum absolute atomic E-state index is 0.0553. The van der Waals surface area contributed by atoms with E-state index in [4.69, 9.17) is 26.5 Å². The smallest absolute Gasteiger partial charge is 0.339 e. The first-order chi connectivity index (χ1) is 17.5. The zero-order valence-electron chi connectivity index (χ0n) is 22.7. The van der Waals surface area contributed by atoms with E-state index in [-0.39, 0.29) is 35.1 Å². The predicted molar refractivity (Wildman–Crippen MR) is 153 cm³/mol. The average Bonchev–Trinajstić information content (AvgIpc) is 3.02. The van der Waals surface area contributed by atoms with Crippen molar-refractivity contribution in [1.82, 2.24) is 4.90 Å². The van der Waals surface area contributed by atoms with Crippen LogP contribution in [0.1, 0.15) is 54.7 Å². The number of amides is 1. The van der Waals surface area contributed by atoms with Gasteiger partial charge >= 0.3 is 5.97 Å². The third-order valence-corrected chi connectivity index (χ3v) is 7.91. The summed E-state index contributed by atoms with van der Waals surface area (Å²) in [6, 6.07) is 8.64. The van der Waals surface area contributed by atoms with Crippen molar-refractivity contribution in [3.05, 3.63) is 68.4 Å². The van der Waals surface area contributed by atoms with Crippen molar-refractivity contribution >= 4 is 53.7 Å². The topological polar surface area (TPSA) is 94.2 Å². The Balaban J connectivity index is 2.20. The molecule has 0 saturated heterocycles. The standard InChI is InChI=1S/C27H34BrClFN3O4Si/c1-26(2,3)15-27(19-10-9-17(28)13-21(19)30)24(35)33(25(31)32-27)22(14-37-38(5,6)7)16-8-11-20(29)18(12-16)23(34)36-4/h8-13,22H,14-15H2,1-7H3,(H2,31,32)/t22?,27-/m1/s1. The highest BCUT2D eigenvalue weighted by Crippen LogP contribution is 2.46. The monoisotopic (exact) mass is 625 g/mol. The van der Waals surface area contributed by atoms with Gasteiger partial charge in [-0.15, -0.1) is 0 Å². The van der Waals surface area contributed by atoms with Crippen LogP contribution in [0, 0.1) is 11.2 Å². The summed E-state index contributed by atoms with van der Waals surface area (Å²) < 4.78 is 27.1. The van der Waals surface area contributed by atoms with Crippen LogP contribution < -0.4 is 5.73 Å². The van der Waals surface area contributed by atoms with E-state index in [1.165, 1.54) is 18.1 Å². The van der Waals surface area contributed by atoms with Gasteiger partial charge in [-0.25, -0.2) is 14.2 Å². The van der Waals surface area contributed by atoms with Crippen LogP contribution in [0.4, 0.5) is 4.39 Å². The normalized spacial score (nSPS) is 18.9. The van der Waals surface area contributed by atoms with E-state index in [1.54, 1.807) is 30.3 Å². The Labute approximate surface area is 237 Å². The molecule has 1 unspecified atom stereocenters. The van der Waals surface area contributed by atoms with Gasteiger partial charge in [0, 0.05) is 10.0 Å². The molecule has 11 heteroatoms. The Hall–Kier alpha value is -2.27. The van der Waals surface area contributed by atoms with Crippen molar-refractivity contribution in [2.45, 2.75) is 58.4 Å². The van der Waals surface area contributed by atoms with Crippen LogP contribution in [0.5, 0.6) is 0 Å². The van der Waals surface area contributed by atoms with Crippen LogP contribution in [-0.2, 0) is 19.5 Å². The molecule has 0 aromatic heterocycles. The number of carbonyl (C=O) groups excluding carboxylic acids is 2. The number of aliphatic imine (C=N–C) groups is 1. The fourth-order valence-electron chi connectivity index (χ4n) is 4.55. The molecule has 38 heavy (non-hydrogen) atoms. The minimum atomic E-state index is -2.06. The average molecular weight is 627 g/mol. The molecule has 3 rings (SSSR count). The van der Waals surface area contributed by atoms with Crippen molar-refractivity contribution in [3.8, 4) is 0 Å². The molecule has 1 aliphatic rings. The molecule has 0 aliphatic carbocycles. The number of methoxy groups -OCH3 is 1. The maximum atomic E-state index is 15.4. The molecule has 0 spiro atoms. The van der Waals surface area contributed by atoms with Crippen molar-refractivity contribution in [2.24, 2.45) is 16.1 Å². The van der Waals surface area contributed by atoms with Gasteiger partial charge in [-0.1, -0.05) is 60.4 Å². The van der Waals surface area contributed by atoms with Crippen molar-refractivity contribution < 1.29 is 23.1 Å². The molecule has 0 bridgehead atoms. The van der Waals surface area contributed by atoms with Gasteiger partial charge in [0.25, 0.3) is 5.91 Å². The first-order valence-corrected chi connectivity index (χ1v) is 16.7. The zero-order chi connectivity index (χ0) is 28.6. The lowest BCUT2D eigenvalue weighted by atomic mass is 9.75. The summed E-state index contributed by atoms with van der Waals surface area (Å²) in [6.07, 6.45) is 0.213. The van der Waals surface area contributed by atoms with Crippen molar-refractivity contribution in [1.29, 1.82) is 0 Å². The van der Waals surface area contributed by atoms with Gasteiger partial charge in [-0.2, -0.15) is 0 Å². The third-order valence-electron chi connectivity index (χ3n) is 6.05. The third kappa shape index (κ3) is 6.47. The Morgan fingerprint density at radius 3 is 2.45 bits per heavy atom. The molecule has 1 heterocycles. The molecule has 2 aromatic rings. The number of guanidine groups is 1. The van der Waals surface area contributed by atoms with Gasteiger partial charge in [0.1, 0.15) is 5.82 Å². The molecule has 2 atom stereocenters. The van der Waals surface area contributed by atoms with Crippen LogP contribution in [-0.4, -0.2) is 44.8 Å². The van der Waals surface area contributed by atoms with Gasteiger partial charge in [-0.3, -0.25) is 9.69 Å². The molecule has 0 radical (unpaired) electrons. The Kier molecular flexibility index (Phi) is 8.82. The quantitative estimate of drug-likeness (QED) is 0.270. The number of halogens is 3. The van der Waals surface area contributed by atoms with Crippen LogP contribution in [0.15, 0.2) is 45.9 Å². The first-order valence-electron chi connectivity index (χ1n) is 12.2. The van der Waals surface area contributed by atoms with Crippen molar-refractivity contribution in [3.63, 3.8) is 0 Å². The van der Waals surface area contributed by atoms with Gasteiger partial charge in [0.15, 0.2) is 19.8 Å². The summed E-state index contributed by atoms with van der Waals surface area (Å²) in [6.45, 7) is 12.0. The van der Waals surface area contributed by atoms with Crippen molar-refractivity contribution in [2.75, 3.05) is 13.7 Å². The maximum Gasteiger partial charge on any atom is 0.339 e. The highest BCUT2D eigenvalue weighted by molar-refractivity contribution is 9.10. The van der Waals surface area contributed by atoms with Crippen LogP contribution in [0.25, 0.3) is 0 Å². The van der Waals surface area contributed by atoms with E-state index in [1.807, 2.05) is 40.4 Å². The molecular weight excluding hydrogens is 593 g/mol. The summed E-state index contributed by atoms with van der Waals surface area (Å²) >= 11 is 9.56. The number of hydrogen-bond donors (Lipinski definition) is 1. The number of rotatable bonds is 8. The predicted octanol–water partition coefficient (Wildman–Crippen LogP) is 6.41. The van der Waals surface area contributed by atoms with Gasteiger partial charge in [0.2, 0.25) is 0 Å². The second kappa shape index (κ2) is 11.1. The number of hydrogen-bond acceptors (Lipinski definition) is 6. The molecule has 2 aromatic carbocycles. The molecule has 7 nitrogen and oxygen atoms in total. The van der Waals surface area contributed by atoms with Gasteiger partial charge < -0.3 is 14.9 Å². The molecule has 1 amide bonds. The van der Waals surface area contributed by atoms with E-state index in [0.717, 1.165) is 0 Å². The molecular formula is C27H34BrClFN3O4Si. The molecule has 0 saturated carbocycles. The first kappa shape index (κ1) is 30.3. The molecule has 206 valence electrons. The lowest BCUT2D eigenvalue weighted by molar-refractivity contribution is -0.135. The highest BCUT2D eigenvalue weighted by Gasteiger charge is 2.54. The largest absolute Gasteiger partial charge is 0.465 e. The second-order valence-electron chi connectivity index (χ2n) is 11.5. The van der Waals surface area contributed by atoms with E-state index in [2.05, 4.69) is 20.9 Å². The maximum absolute atomic E-state index is 15.4. The lowest BCUT2D eigenvalue weighted by Crippen LogP contribution is -2.48. The van der Waals surface area contributed by atoms with E-state index >= 15 is 4.39 Å². The van der Waals surface area contributed by atoms with Crippen LogP contribution in [0.2, 0.25) is 24.7 Å². The summed E-state index contributed by atoms with van der Waals surface area (Å²) in [5.74, 6) is -1.70. The van der Waals surface area contributed by atoms with E-state index in [0.29, 0.717) is 10.0 Å².